The van der Waals surface area contributed by atoms with Crippen LogP contribution in [0.5, 0.6) is 0 Å². The minimum Gasteiger partial charge on any atom is -0.336 e. The molecule has 0 unspecified atom stereocenters. The van der Waals surface area contributed by atoms with Crippen LogP contribution < -0.4 is 0 Å². The van der Waals surface area contributed by atoms with Crippen LogP contribution in [0.2, 0.25) is 0 Å². The minimum absolute atomic E-state index is 0.00250. The normalized spacial score (nSPS) is 33.1. The van der Waals surface area contributed by atoms with Crippen molar-refractivity contribution in [1.29, 1.82) is 0 Å². The first-order valence-corrected chi connectivity index (χ1v) is 11.6. The highest BCUT2D eigenvalue weighted by Gasteiger charge is 2.59. The number of likely N-dealkylation sites (tertiary alicyclic amines) is 2. The molecule has 2 amide bonds. The van der Waals surface area contributed by atoms with Crippen molar-refractivity contribution >= 4 is 21.8 Å². The lowest BCUT2D eigenvalue weighted by Gasteiger charge is -2.41. The van der Waals surface area contributed by atoms with E-state index in [2.05, 4.69) is 4.90 Å². The quantitative estimate of drug-likeness (QED) is 0.686. The van der Waals surface area contributed by atoms with E-state index in [9.17, 15) is 18.0 Å². The number of hydrogen-bond acceptors (Lipinski definition) is 5. The lowest BCUT2D eigenvalue weighted by Crippen LogP contribution is -2.57. The third-order valence-corrected chi connectivity index (χ3v) is 7.64. The molecule has 1 aliphatic carbocycles. The topological polar surface area (TPSA) is 78.0 Å². The predicted molar refractivity (Wildman–Crippen MR) is 96.6 cm³/mol. The highest BCUT2D eigenvalue weighted by atomic mass is 32.2. The number of carbonyl (C=O) groups is 2. The largest absolute Gasteiger partial charge is 0.336 e. The number of hydrogen-bond donors (Lipinski definition) is 0. The first-order valence-electron chi connectivity index (χ1n) is 9.74. The Morgan fingerprint density at radius 1 is 1.19 bits per heavy atom. The van der Waals surface area contributed by atoms with Gasteiger partial charge in [0.05, 0.1) is 30.2 Å². The number of amides is 2. The second-order valence-corrected chi connectivity index (χ2v) is 10.8. The van der Waals surface area contributed by atoms with Gasteiger partial charge in [0.2, 0.25) is 21.8 Å². The first kappa shape index (κ1) is 18.2. The molecular formula is C18H29N3O4S. The van der Waals surface area contributed by atoms with Gasteiger partial charge < -0.3 is 9.80 Å². The van der Waals surface area contributed by atoms with Gasteiger partial charge in [-0.15, -0.1) is 0 Å². The maximum atomic E-state index is 13.1. The first-order chi connectivity index (χ1) is 12.2. The third-order valence-electron chi connectivity index (χ3n) is 6.47. The van der Waals surface area contributed by atoms with E-state index in [1.165, 1.54) is 12.8 Å². The number of nitrogens with zero attached hydrogens (tertiary/aromatic N) is 3. The second kappa shape index (κ2) is 6.19. The van der Waals surface area contributed by atoms with Crippen molar-refractivity contribution in [3.05, 3.63) is 0 Å². The van der Waals surface area contributed by atoms with Gasteiger partial charge in [0.1, 0.15) is 0 Å². The van der Waals surface area contributed by atoms with Crippen LogP contribution in [-0.4, -0.2) is 78.9 Å². The van der Waals surface area contributed by atoms with Crippen molar-refractivity contribution in [3.8, 4) is 0 Å². The molecule has 0 aromatic carbocycles. The van der Waals surface area contributed by atoms with Crippen LogP contribution in [0.4, 0.5) is 0 Å². The van der Waals surface area contributed by atoms with E-state index in [0.717, 1.165) is 36.1 Å². The van der Waals surface area contributed by atoms with Gasteiger partial charge in [-0.1, -0.05) is 13.8 Å². The van der Waals surface area contributed by atoms with Crippen molar-refractivity contribution in [1.82, 2.24) is 14.1 Å². The van der Waals surface area contributed by atoms with E-state index < -0.39 is 22.0 Å². The number of sulfonamides is 1. The van der Waals surface area contributed by atoms with Crippen molar-refractivity contribution in [2.45, 2.75) is 45.2 Å². The van der Waals surface area contributed by atoms with E-state index >= 15 is 0 Å². The molecule has 0 N–H and O–H groups in total. The average Bonchev–Trinajstić information content (AvgIpc) is 3.13. The Hall–Kier alpha value is -1.15. The summed E-state index contributed by atoms with van der Waals surface area (Å²) in [7, 11) is -3.61. The van der Waals surface area contributed by atoms with Crippen LogP contribution >= 0.6 is 0 Å². The number of rotatable bonds is 5. The SMILES string of the molecule is CC(C)[C@H]1C(=O)N(S(C)(=O)=O)[C@H]2CCN(C(=O)C3CN(CC4CC4)C3)[C@H]12. The van der Waals surface area contributed by atoms with Gasteiger partial charge >= 0.3 is 0 Å². The molecule has 146 valence electrons. The highest BCUT2D eigenvalue weighted by Crippen LogP contribution is 2.42. The zero-order valence-electron chi connectivity index (χ0n) is 15.8. The molecular weight excluding hydrogens is 354 g/mol. The molecule has 0 bridgehead atoms. The van der Waals surface area contributed by atoms with Crippen LogP contribution in [0.3, 0.4) is 0 Å². The van der Waals surface area contributed by atoms with Gasteiger partial charge in [-0.2, -0.15) is 0 Å². The fourth-order valence-electron chi connectivity index (χ4n) is 5.07. The Bertz CT molecular complexity index is 712. The highest BCUT2D eigenvalue weighted by molar-refractivity contribution is 7.88. The number of carbonyl (C=O) groups excluding carboxylic acids is 2. The summed E-state index contributed by atoms with van der Waals surface area (Å²) in [6.45, 7) is 7.14. The molecule has 4 fully saturated rings. The molecule has 8 heteroatoms. The molecule has 3 saturated heterocycles. The third kappa shape index (κ3) is 2.95. The minimum atomic E-state index is -3.61. The van der Waals surface area contributed by atoms with Crippen LogP contribution in [0.1, 0.15) is 33.1 Å². The molecule has 0 radical (unpaired) electrons. The number of fused-ring (bicyclic) bond motifs is 1. The molecule has 1 saturated carbocycles. The molecule has 0 spiro atoms. The summed E-state index contributed by atoms with van der Waals surface area (Å²) in [6, 6.07) is -0.696. The van der Waals surface area contributed by atoms with Gasteiger partial charge in [0, 0.05) is 26.2 Å². The molecule has 3 aliphatic heterocycles. The van der Waals surface area contributed by atoms with Gasteiger partial charge in [-0.3, -0.25) is 9.59 Å². The van der Waals surface area contributed by atoms with E-state index in [4.69, 9.17) is 0 Å². The van der Waals surface area contributed by atoms with Crippen molar-refractivity contribution < 1.29 is 18.0 Å². The molecule has 26 heavy (non-hydrogen) atoms. The zero-order valence-corrected chi connectivity index (χ0v) is 16.6. The lowest BCUT2D eigenvalue weighted by molar-refractivity contribution is -0.143. The molecule has 0 aromatic heterocycles. The zero-order chi connectivity index (χ0) is 18.8. The maximum Gasteiger partial charge on any atom is 0.241 e. The molecule has 0 aromatic rings. The van der Waals surface area contributed by atoms with Crippen LogP contribution in [0.15, 0.2) is 0 Å². The predicted octanol–water partition coefficient (Wildman–Crippen LogP) is 0.372. The summed E-state index contributed by atoms with van der Waals surface area (Å²) in [6.07, 6.45) is 4.27. The van der Waals surface area contributed by atoms with Crippen molar-refractivity contribution in [3.63, 3.8) is 0 Å². The van der Waals surface area contributed by atoms with Gasteiger partial charge in [0.15, 0.2) is 0 Å². The molecule has 7 nitrogen and oxygen atoms in total. The Morgan fingerprint density at radius 2 is 1.85 bits per heavy atom. The average molecular weight is 384 g/mol. The summed E-state index contributed by atoms with van der Waals surface area (Å²) in [5.41, 5.74) is 0. The second-order valence-electron chi connectivity index (χ2n) is 8.90. The lowest BCUT2D eigenvalue weighted by atomic mass is 9.87. The molecule has 4 aliphatic rings. The van der Waals surface area contributed by atoms with E-state index in [1.54, 1.807) is 0 Å². The van der Waals surface area contributed by atoms with E-state index in [0.29, 0.717) is 13.0 Å². The molecule has 3 heterocycles. The van der Waals surface area contributed by atoms with Gasteiger partial charge in [-0.05, 0) is 31.1 Å². The van der Waals surface area contributed by atoms with Gasteiger partial charge in [0.25, 0.3) is 0 Å². The molecule has 3 atom stereocenters. The monoisotopic (exact) mass is 383 g/mol. The Kier molecular flexibility index (Phi) is 4.34. The fourth-order valence-corrected chi connectivity index (χ4v) is 6.24. The Labute approximate surface area is 155 Å². The summed E-state index contributed by atoms with van der Waals surface area (Å²) >= 11 is 0. The Morgan fingerprint density at radius 3 is 2.38 bits per heavy atom. The van der Waals surface area contributed by atoms with Crippen molar-refractivity contribution in [2.75, 3.05) is 32.4 Å². The van der Waals surface area contributed by atoms with Gasteiger partial charge in [-0.25, -0.2) is 12.7 Å². The summed E-state index contributed by atoms with van der Waals surface area (Å²) < 4.78 is 25.4. The summed E-state index contributed by atoms with van der Waals surface area (Å²) in [4.78, 5) is 30.1. The van der Waals surface area contributed by atoms with E-state index in [-0.39, 0.29) is 29.7 Å². The smallest absolute Gasteiger partial charge is 0.241 e. The van der Waals surface area contributed by atoms with Crippen LogP contribution in [0.25, 0.3) is 0 Å². The summed E-state index contributed by atoms with van der Waals surface area (Å²) in [5.74, 6) is 0.176. The van der Waals surface area contributed by atoms with Crippen LogP contribution in [-0.2, 0) is 19.6 Å². The van der Waals surface area contributed by atoms with Crippen molar-refractivity contribution in [2.24, 2.45) is 23.7 Å². The Balaban J connectivity index is 1.50. The maximum absolute atomic E-state index is 13.1. The standard InChI is InChI=1S/C18H29N3O4S/c1-11(2)15-16-14(21(18(15)23)26(3,24)25)6-7-20(16)17(22)13-9-19(10-13)8-12-4-5-12/h11-16H,4-10H2,1-3H3/t14-,15+,16-/m0/s1. The summed E-state index contributed by atoms with van der Waals surface area (Å²) in [5, 5.41) is 0. The fraction of sp³-hybridized carbons (Fsp3) is 0.889. The molecule has 4 rings (SSSR count). The van der Waals surface area contributed by atoms with Crippen LogP contribution in [0, 0.1) is 23.7 Å². The van der Waals surface area contributed by atoms with E-state index in [1.807, 2.05) is 18.7 Å².